The van der Waals surface area contributed by atoms with Crippen LogP contribution in [0.1, 0.15) is 5.56 Å². The fraction of sp³-hybridized carbons (Fsp3) is 0. The van der Waals surface area contributed by atoms with Gasteiger partial charge in [0, 0.05) is 0 Å². The molecule has 5 heteroatoms. The number of anilines is 1. The molecule has 0 saturated carbocycles. The molecule has 0 aliphatic heterocycles. The van der Waals surface area contributed by atoms with Crippen molar-refractivity contribution in [3.63, 3.8) is 0 Å². The first-order valence-electron chi connectivity index (χ1n) is 5.18. The minimum atomic E-state index is 0.217. The van der Waals surface area contributed by atoms with Gasteiger partial charge in [0.25, 0.3) is 0 Å². The smallest absolute Gasteiger partial charge is 0.115 e. The van der Waals surface area contributed by atoms with Crippen LogP contribution in [0.25, 0.3) is 0 Å². The Balaban J connectivity index is 2.02. The average Bonchev–Trinajstić information content (AvgIpc) is 2.36. The Labute approximate surface area is 115 Å². The number of phenols is 1. The van der Waals surface area contributed by atoms with Crippen LogP contribution in [0.4, 0.5) is 5.69 Å². The first kappa shape index (κ1) is 12.7. The zero-order valence-electron chi connectivity index (χ0n) is 9.27. The third-order valence-corrected chi connectivity index (χ3v) is 2.96. The maximum absolute atomic E-state index is 9.12. The zero-order valence-corrected chi connectivity index (χ0v) is 10.8. The lowest BCUT2D eigenvalue weighted by Crippen LogP contribution is -1.90. The molecule has 2 rings (SSSR count). The van der Waals surface area contributed by atoms with Crippen LogP contribution in [-0.2, 0) is 0 Å². The molecule has 0 unspecified atom stereocenters. The summed E-state index contributed by atoms with van der Waals surface area (Å²) in [5.74, 6) is 0.217. The van der Waals surface area contributed by atoms with Crippen molar-refractivity contribution in [2.24, 2.45) is 5.10 Å². The highest BCUT2D eigenvalue weighted by atomic mass is 35.5. The van der Waals surface area contributed by atoms with Gasteiger partial charge in [0.2, 0.25) is 0 Å². The highest BCUT2D eigenvalue weighted by molar-refractivity contribution is 6.42. The van der Waals surface area contributed by atoms with Gasteiger partial charge < -0.3 is 5.11 Å². The van der Waals surface area contributed by atoms with Crippen LogP contribution >= 0.6 is 23.2 Å². The molecule has 0 bridgehead atoms. The number of benzene rings is 2. The summed E-state index contributed by atoms with van der Waals surface area (Å²) in [7, 11) is 0. The summed E-state index contributed by atoms with van der Waals surface area (Å²) in [6.45, 7) is 0. The molecule has 92 valence electrons. The SMILES string of the molecule is Oc1ccc(N/N=C/c2ccc(Cl)c(Cl)c2)cc1. The lowest BCUT2D eigenvalue weighted by molar-refractivity contribution is 0.475. The summed E-state index contributed by atoms with van der Waals surface area (Å²) in [4.78, 5) is 0. The Kier molecular flexibility index (Phi) is 4.07. The molecule has 0 aromatic heterocycles. The van der Waals surface area contributed by atoms with E-state index < -0.39 is 0 Å². The van der Waals surface area contributed by atoms with E-state index in [1.54, 1.807) is 42.6 Å². The number of aromatic hydroxyl groups is 1. The van der Waals surface area contributed by atoms with Crippen molar-refractivity contribution in [1.82, 2.24) is 0 Å². The molecule has 0 aliphatic carbocycles. The van der Waals surface area contributed by atoms with E-state index in [2.05, 4.69) is 10.5 Å². The van der Waals surface area contributed by atoms with Crippen molar-refractivity contribution < 1.29 is 5.11 Å². The third kappa shape index (κ3) is 3.39. The molecule has 0 amide bonds. The topological polar surface area (TPSA) is 44.6 Å². The normalized spacial score (nSPS) is 10.8. The van der Waals surface area contributed by atoms with Crippen LogP contribution in [0.3, 0.4) is 0 Å². The predicted octanol–water partition coefficient (Wildman–Crippen LogP) is 4.15. The summed E-state index contributed by atoms with van der Waals surface area (Å²) in [5, 5.41) is 14.2. The van der Waals surface area contributed by atoms with E-state index in [0.717, 1.165) is 11.3 Å². The van der Waals surface area contributed by atoms with Gasteiger partial charge in [-0.3, -0.25) is 5.43 Å². The van der Waals surface area contributed by atoms with Gasteiger partial charge in [0.05, 0.1) is 21.9 Å². The average molecular weight is 281 g/mol. The molecule has 2 aromatic carbocycles. The van der Waals surface area contributed by atoms with E-state index in [-0.39, 0.29) is 5.75 Å². The summed E-state index contributed by atoms with van der Waals surface area (Å²) < 4.78 is 0. The Morgan fingerprint density at radius 2 is 1.72 bits per heavy atom. The zero-order chi connectivity index (χ0) is 13.0. The Hall–Kier alpha value is -1.71. The van der Waals surface area contributed by atoms with Gasteiger partial charge in [-0.15, -0.1) is 0 Å². The standard InChI is InChI=1S/C13H10Cl2N2O/c14-12-6-1-9(7-13(12)15)8-16-17-10-2-4-11(18)5-3-10/h1-8,17-18H/b16-8+. The highest BCUT2D eigenvalue weighted by Gasteiger charge is 1.97. The second-order valence-electron chi connectivity index (χ2n) is 3.59. The minimum Gasteiger partial charge on any atom is -0.508 e. The maximum atomic E-state index is 9.12. The first-order valence-corrected chi connectivity index (χ1v) is 5.94. The van der Waals surface area contributed by atoms with E-state index in [9.17, 15) is 0 Å². The quantitative estimate of drug-likeness (QED) is 0.504. The molecule has 0 saturated heterocycles. The van der Waals surface area contributed by atoms with Crippen molar-refractivity contribution in [3.05, 3.63) is 58.1 Å². The van der Waals surface area contributed by atoms with Crippen LogP contribution < -0.4 is 5.43 Å². The molecule has 0 aliphatic rings. The van der Waals surface area contributed by atoms with Crippen LogP contribution in [0.15, 0.2) is 47.6 Å². The summed E-state index contributed by atoms with van der Waals surface area (Å²) in [6, 6.07) is 11.9. The number of nitrogens with zero attached hydrogens (tertiary/aromatic N) is 1. The molecule has 2 aromatic rings. The van der Waals surface area contributed by atoms with Crippen molar-refractivity contribution in [2.75, 3.05) is 5.43 Å². The summed E-state index contributed by atoms with van der Waals surface area (Å²) in [6.07, 6.45) is 1.63. The highest BCUT2D eigenvalue weighted by Crippen LogP contribution is 2.21. The Morgan fingerprint density at radius 1 is 1.00 bits per heavy atom. The van der Waals surface area contributed by atoms with Crippen molar-refractivity contribution in [2.45, 2.75) is 0 Å². The second-order valence-corrected chi connectivity index (χ2v) is 4.40. The minimum absolute atomic E-state index is 0.217. The van der Waals surface area contributed by atoms with E-state index >= 15 is 0 Å². The fourth-order valence-electron chi connectivity index (χ4n) is 1.31. The molecule has 0 radical (unpaired) electrons. The molecule has 3 nitrogen and oxygen atoms in total. The maximum Gasteiger partial charge on any atom is 0.115 e. The van der Waals surface area contributed by atoms with E-state index in [1.165, 1.54) is 0 Å². The summed E-state index contributed by atoms with van der Waals surface area (Å²) >= 11 is 11.7. The van der Waals surface area contributed by atoms with Gasteiger partial charge in [-0.1, -0.05) is 29.3 Å². The van der Waals surface area contributed by atoms with Gasteiger partial charge in [-0.2, -0.15) is 5.10 Å². The molecule has 0 fully saturated rings. The number of rotatable bonds is 3. The lowest BCUT2D eigenvalue weighted by Gasteiger charge is -2.00. The van der Waals surface area contributed by atoms with Crippen LogP contribution in [0.2, 0.25) is 10.0 Å². The van der Waals surface area contributed by atoms with Crippen LogP contribution in [-0.4, -0.2) is 11.3 Å². The van der Waals surface area contributed by atoms with Crippen LogP contribution in [0.5, 0.6) is 5.75 Å². The number of phenolic OH excluding ortho intramolecular Hbond substituents is 1. The van der Waals surface area contributed by atoms with Gasteiger partial charge in [0.1, 0.15) is 5.75 Å². The fourth-order valence-corrected chi connectivity index (χ4v) is 1.62. The van der Waals surface area contributed by atoms with E-state index in [1.807, 2.05) is 6.07 Å². The molecule has 2 N–H and O–H groups in total. The Morgan fingerprint density at radius 3 is 2.39 bits per heavy atom. The number of halogens is 2. The molecular formula is C13H10Cl2N2O. The molecular weight excluding hydrogens is 271 g/mol. The number of hydrogen-bond donors (Lipinski definition) is 2. The van der Waals surface area contributed by atoms with Gasteiger partial charge >= 0.3 is 0 Å². The number of hydrazone groups is 1. The molecule has 18 heavy (non-hydrogen) atoms. The van der Waals surface area contributed by atoms with Crippen molar-refractivity contribution >= 4 is 35.1 Å². The predicted molar refractivity (Wildman–Crippen MR) is 75.8 cm³/mol. The molecule has 0 spiro atoms. The molecule has 0 heterocycles. The second kappa shape index (κ2) is 5.76. The lowest BCUT2D eigenvalue weighted by atomic mass is 10.2. The van der Waals surface area contributed by atoms with Gasteiger partial charge in [-0.05, 0) is 42.0 Å². The van der Waals surface area contributed by atoms with Crippen molar-refractivity contribution in [3.8, 4) is 5.75 Å². The monoisotopic (exact) mass is 280 g/mol. The summed E-state index contributed by atoms with van der Waals surface area (Å²) in [5.41, 5.74) is 4.46. The Bertz CT molecular complexity index is 568. The largest absolute Gasteiger partial charge is 0.508 e. The van der Waals surface area contributed by atoms with Gasteiger partial charge in [0.15, 0.2) is 0 Å². The number of nitrogens with one attached hydrogen (secondary N) is 1. The third-order valence-electron chi connectivity index (χ3n) is 2.22. The first-order chi connectivity index (χ1) is 8.65. The van der Waals surface area contributed by atoms with Gasteiger partial charge in [-0.25, -0.2) is 0 Å². The van der Waals surface area contributed by atoms with Crippen LogP contribution in [0, 0.1) is 0 Å². The van der Waals surface area contributed by atoms with E-state index in [4.69, 9.17) is 28.3 Å². The van der Waals surface area contributed by atoms with Crippen molar-refractivity contribution in [1.29, 1.82) is 0 Å². The van der Waals surface area contributed by atoms with E-state index in [0.29, 0.717) is 10.0 Å². The molecule has 0 atom stereocenters. The number of hydrogen-bond acceptors (Lipinski definition) is 3.